The van der Waals surface area contributed by atoms with Gasteiger partial charge in [0.2, 0.25) is 5.91 Å². The fourth-order valence-electron chi connectivity index (χ4n) is 3.02. The molecule has 1 aromatic heterocycles. The first kappa shape index (κ1) is 24.3. The van der Waals surface area contributed by atoms with Crippen LogP contribution in [0.15, 0.2) is 58.5 Å². The van der Waals surface area contributed by atoms with Gasteiger partial charge in [0.25, 0.3) is 5.56 Å². The molecular formula is C23H21F3N4O2S. The Bertz CT molecular complexity index is 1300. The molecule has 0 saturated carbocycles. The van der Waals surface area contributed by atoms with Gasteiger partial charge in [-0.25, -0.2) is 4.98 Å². The Morgan fingerprint density at radius 3 is 2.55 bits per heavy atom. The summed E-state index contributed by atoms with van der Waals surface area (Å²) in [6, 6.07) is 12.9. The second kappa shape index (κ2) is 9.27. The number of hydrogen-bond acceptors (Lipinski definition) is 5. The number of aromatic nitrogens is 2. The summed E-state index contributed by atoms with van der Waals surface area (Å²) in [7, 11) is 0. The summed E-state index contributed by atoms with van der Waals surface area (Å²) in [5.41, 5.74) is -2.20. The molecule has 0 fully saturated rings. The molecule has 0 radical (unpaired) electrons. The Morgan fingerprint density at radius 1 is 1.21 bits per heavy atom. The number of thioether (sulfide) groups is 1. The number of nitriles is 1. The van der Waals surface area contributed by atoms with Gasteiger partial charge in [-0.2, -0.15) is 18.4 Å². The number of para-hydroxylation sites is 1. The zero-order valence-electron chi connectivity index (χ0n) is 18.1. The predicted molar refractivity (Wildman–Crippen MR) is 120 cm³/mol. The van der Waals surface area contributed by atoms with Crippen LogP contribution in [0, 0.1) is 17.2 Å². The van der Waals surface area contributed by atoms with Crippen molar-refractivity contribution >= 4 is 28.6 Å². The van der Waals surface area contributed by atoms with Crippen LogP contribution in [0.2, 0.25) is 0 Å². The first-order valence-corrected chi connectivity index (χ1v) is 11.0. The van der Waals surface area contributed by atoms with E-state index in [-0.39, 0.29) is 27.9 Å². The molecule has 2 aromatic carbocycles. The second-order valence-electron chi connectivity index (χ2n) is 7.91. The van der Waals surface area contributed by atoms with Crippen LogP contribution < -0.4 is 10.9 Å². The zero-order valence-corrected chi connectivity index (χ0v) is 18.9. The molecule has 1 amide bonds. The fourth-order valence-corrected chi connectivity index (χ4v) is 3.83. The summed E-state index contributed by atoms with van der Waals surface area (Å²) >= 11 is 0.904. The summed E-state index contributed by atoms with van der Waals surface area (Å²) in [5, 5.41) is 12.4. The Balaban J connectivity index is 2.04. The number of nitrogens with one attached hydrogen (secondary N) is 1. The van der Waals surface area contributed by atoms with Crippen LogP contribution in [0.25, 0.3) is 16.6 Å². The number of amides is 1. The average molecular weight is 475 g/mol. The van der Waals surface area contributed by atoms with Crippen molar-refractivity contribution in [3.05, 3.63) is 64.4 Å². The summed E-state index contributed by atoms with van der Waals surface area (Å²) in [4.78, 5) is 30.2. The molecule has 1 N–H and O–H groups in total. The lowest BCUT2D eigenvalue weighted by molar-refractivity contribution is -0.137. The number of hydrogen-bond donors (Lipinski definition) is 1. The first-order chi connectivity index (χ1) is 15.5. The SMILES string of the molecule is CC(C)C(C)(C#N)NC(=O)CSc1nc2ccccc2c(=O)n1-c1cccc(C(F)(F)F)c1. The van der Waals surface area contributed by atoms with E-state index >= 15 is 0 Å². The number of fused-ring (bicyclic) bond motifs is 1. The lowest BCUT2D eigenvalue weighted by Gasteiger charge is -2.27. The predicted octanol–water partition coefficient (Wildman–Crippen LogP) is 4.55. The van der Waals surface area contributed by atoms with Crippen molar-refractivity contribution in [1.29, 1.82) is 5.26 Å². The van der Waals surface area contributed by atoms with Crippen LogP contribution in [-0.2, 0) is 11.0 Å². The normalized spacial score (nSPS) is 13.5. The number of halogens is 3. The monoisotopic (exact) mass is 474 g/mol. The molecule has 33 heavy (non-hydrogen) atoms. The van der Waals surface area contributed by atoms with Gasteiger partial charge >= 0.3 is 6.18 Å². The van der Waals surface area contributed by atoms with Crippen LogP contribution in [-0.4, -0.2) is 26.8 Å². The quantitative estimate of drug-likeness (QED) is 0.418. The van der Waals surface area contributed by atoms with Crippen molar-refractivity contribution in [3.8, 4) is 11.8 Å². The third kappa shape index (κ3) is 5.20. The van der Waals surface area contributed by atoms with E-state index in [4.69, 9.17) is 0 Å². The topological polar surface area (TPSA) is 87.8 Å². The van der Waals surface area contributed by atoms with Crippen LogP contribution in [0.1, 0.15) is 26.3 Å². The van der Waals surface area contributed by atoms with E-state index in [2.05, 4.69) is 16.4 Å². The number of alkyl halides is 3. The standard InChI is InChI=1S/C23H21F3N4O2S/c1-14(2)22(3,13-27)29-19(31)12-33-21-28-18-10-5-4-9-17(18)20(32)30(21)16-8-6-7-15(11-16)23(24,25)26/h4-11,14H,12H2,1-3H3,(H,29,31). The molecule has 172 valence electrons. The van der Waals surface area contributed by atoms with Gasteiger partial charge in [0.15, 0.2) is 5.16 Å². The maximum atomic E-state index is 13.3. The number of benzene rings is 2. The van der Waals surface area contributed by atoms with Gasteiger partial charge in [-0.1, -0.05) is 43.8 Å². The van der Waals surface area contributed by atoms with E-state index in [0.29, 0.717) is 5.52 Å². The third-order valence-corrected chi connectivity index (χ3v) is 6.23. The van der Waals surface area contributed by atoms with Crippen LogP contribution >= 0.6 is 11.8 Å². The molecule has 3 aromatic rings. The highest BCUT2D eigenvalue weighted by Gasteiger charge is 2.31. The summed E-state index contributed by atoms with van der Waals surface area (Å²) in [6.07, 6.45) is -4.59. The first-order valence-electron chi connectivity index (χ1n) is 10.0. The van der Waals surface area contributed by atoms with Crippen molar-refractivity contribution in [2.75, 3.05) is 5.75 Å². The molecule has 1 atom stereocenters. The highest BCUT2D eigenvalue weighted by molar-refractivity contribution is 7.99. The number of carbonyl (C=O) groups is 1. The van der Waals surface area contributed by atoms with Crippen molar-refractivity contribution < 1.29 is 18.0 Å². The molecule has 3 rings (SSSR count). The fraction of sp³-hybridized carbons (Fsp3) is 0.304. The van der Waals surface area contributed by atoms with E-state index in [9.17, 15) is 28.0 Å². The van der Waals surface area contributed by atoms with Crippen molar-refractivity contribution in [1.82, 2.24) is 14.9 Å². The van der Waals surface area contributed by atoms with Crippen LogP contribution in [0.3, 0.4) is 0 Å². The molecule has 6 nitrogen and oxygen atoms in total. The van der Waals surface area contributed by atoms with Crippen LogP contribution in [0.5, 0.6) is 0 Å². The second-order valence-corrected chi connectivity index (χ2v) is 8.85. The van der Waals surface area contributed by atoms with Gasteiger partial charge in [0.1, 0.15) is 5.54 Å². The highest BCUT2D eigenvalue weighted by atomic mass is 32.2. The Labute approximate surface area is 192 Å². The van der Waals surface area contributed by atoms with Crippen molar-refractivity contribution in [2.24, 2.45) is 5.92 Å². The Kier molecular flexibility index (Phi) is 6.84. The van der Waals surface area contributed by atoms with E-state index in [1.165, 1.54) is 18.2 Å². The van der Waals surface area contributed by atoms with E-state index in [1.54, 1.807) is 39.0 Å². The number of rotatable bonds is 6. The van der Waals surface area contributed by atoms with Gasteiger partial charge in [0, 0.05) is 0 Å². The lowest BCUT2D eigenvalue weighted by atomic mass is 9.90. The molecule has 1 heterocycles. The summed E-state index contributed by atoms with van der Waals surface area (Å²) in [5.74, 6) is -0.803. The molecule has 0 aliphatic carbocycles. The van der Waals surface area contributed by atoms with Gasteiger partial charge in [0.05, 0.1) is 34.0 Å². The molecule has 0 aliphatic rings. The highest BCUT2D eigenvalue weighted by Crippen LogP contribution is 2.31. The van der Waals surface area contributed by atoms with Gasteiger partial charge in [-0.05, 0) is 43.2 Å². The minimum atomic E-state index is -4.59. The largest absolute Gasteiger partial charge is 0.416 e. The number of carbonyl (C=O) groups excluding carboxylic acids is 1. The molecule has 10 heteroatoms. The Morgan fingerprint density at radius 2 is 1.91 bits per heavy atom. The molecule has 0 spiro atoms. The van der Waals surface area contributed by atoms with Gasteiger partial charge in [-0.15, -0.1) is 0 Å². The molecular weight excluding hydrogens is 453 g/mol. The number of nitrogens with zero attached hydrogens (tertiary/aromatic N) is 3. The zero-order chi connectivity index (χ0) is 24.4. The van der Waals surface area contributed by atoms with Crippen molar-refractivity contribution in [2.45, 2.75) is 37.6 Å². The minimum Gasteiger partial charge on any atom is -0.337 e. The summed E-state index contributed by atoms with van der Waals surface area (Å²) in [6.45, 7) is 5.20. The van der Waals surface area contributed by atoms with E-state index < -0.39 is 28.7 Å². The van der Waals surface area contributed by atoms with Crippen molar-refractivity contribution in [3.63, 3.8) is 0 Å². The molecule has 0 saturated heterocycles. The maximum Gasteiger partial charge on any atom is 0.416 e. The average Bonchev–Trinajstić information content (AvgIpc) is 2.77. The molecule has 1 unspecified atom stereocenters. The maximum absolute atomic E-state index is 13.3. The van der Waals surface area contributed by atoms with Gasteiger partial charge < -0.3 is 5.32 Å². The molecule has 0 aliphatic heterocycles. The van der Waals surface area contributed by atoms with E-state index in [0.717, 1.165) is 28.5 Å². The minimum absolute atomic E-state index is 0.0139. The molecule has 0 bridgehead atoms. The summed E-state index contributed by atoms with van der Waals surface area (Å²) < 4.78 is 40.9. The third-order valence-electron chi connectivity index (χ3n) is 5.30. The van der Waals surface area contributed by atoms with E-state index in [1.807, 2.05) is 0 Å². The van der Waals surface area contributed by atoms with Gasteiger partial charge in [-0.3, -0.25) is 14.2 Å². The Hall–Kier alpha value is -3.32. The smallest absolute Gasteiger partial charge is 0.337 e. The van der Waals surface area contributed by atoms with Crippen LogP contribution in [0.4, 0.5) is 13.2 Å². The lowest BCUT2D eigenvalue weighted by Crippen LogP contribution is -2.49.